The van der Waals surface area contributed by atoms with E-state index in [0.717, 1.165) is 32.2 Å². The number of carbonyl (C=O) groups is 1. The lowest BCUT2D eigenvalue weighted by molar-refractivity contribution is -0.143. The van der Waals surface area contributed by atoms with Gasteiger partial charge in [-0.15, -0.1) is 0 Å². The summed E-state index contributed by atoms with van der Waals surface area (Å²) in [7, 11) is -3.22. The minimum atomic E-state index is -3.22. The van der Waals surface area contributed by atoms with Gasteiger partial charge in [0.2, 0.25) is 0 Å². The Kier molecular flexibility index (Phi) is 4.10. The summed E-state index contributed by atoms with van der Waals surface area (Å²) in [5.74, 6) is -2.00. The van der Waals surface area contributed by atoms with Gasteiger partial charge in [-0.2, -0.15) is 0 Å². The lowest BCUT2D eigenvalue weighted by atomic mass is 9.86. The Morgan fingerprint density at radius 2 is 2.00 bits per heavy atom. The smallest absolute Gasteiger partial charge is 0.307 e. The van der Waals surface area contributed by atoms with Gasteiger partial charge in [0.05, 0.1) is 11.7 Å². The van der Waals surface area contributed by atoms with E-state index < -0.39 is 21.7 Å². The zero-order chi connectivity index (χ0) is 11.5. The molecule has 2 N–H and O–H groups in total. The number of rotatable bonds is 4. The normalized spacial score (nSPS) is 21.1. The summed E-state index contributed by atoms with van der Waals surface area (Å²) in [6.07, 6.45) is 2.57. The molecule has 1 heterocycles. The molecule has 0 spiro atoms. The Hall–Kier alpha value is -0.620. The van der Waals surface area contributed by atoms with E-state index >= 15 is 0 Å². The van der Waals surface area contributed by atoms with Crippen LogP contribution in [0.5, 0.6) is 0 Å². The van der Waals surface area contributed by atoms with Crippen LogP contribution < -0.4 is 5.32 Å². The van der Waals surface area contributed by atoms with Crippen LogP contribution in [0.3, 0.4) is 0 Å². The number of nitrogens with one attached hydrogen (secondary N) is 1. The number of sulfone groups is 1. The third-order valence-electron chi connectivity index (χ3n) is 2.75. The Morgan fingerprint density at radius 3 is 2.40 bits per heavy atom. The number of carboxylic acid groups (broad SMARTS) is 1. The van der Waals surface area contributed by atoms with E-state index in [1.807, 2.05) is 0 Å². The van der Waals surface area contributed by atoms with Gasteiger partial charge in [-0.3, -0.25) is 4.79 Å². The first-order valence-electron chi connectivity index (χ1n) is 5.01. The molecule has 1 atom stereocenters. The average molecular weight is 235 g/mol. The van der Waals surface area contributed by atoms with E-state index in [-0.39, 0.29) is 11.7 Å². The molecule has 0 radical (unpaired) electrons. The number of hydrogen-bond donors (Lipinski definition) is 2. The lowest BCUT2D eigenvalue weighted by Gasteiger charge is -2.27. The van der Waals surface area contributed by atoms with Crippen molar-refractivity contribution in [2.24, 2.45) is 11.8 Å². The minimum absolute atomic E-state index is 0.0153. The molecular weight excluding hydrogens is 218 g/mol. The predicted octanol–water partition coefficient (Wildman–Crippen LogP) is -0.269. The van der Waals surface area contributed by atoms with Gasteiger partial charge in [0.1, 0.15) is 9.84 Å². The summed E-state index contributed by atoms with van der Waals surface area (Å²) >= 11 is 0. The van der Waals surface area contributed by atoms with Crippen molar-refractivity contribution < 1.29 is 18.3 Å². The highest BCUT2D eigenvalue weighted by molar-refractivity contribution is 7.90. The van der Waals surface area contributed by atoms with Gasteiger partial charge in [0.25, 0.3) is 0 Å². The Balaban J connectivity index is 2.68. The quantitative estimate of drug-likeness (QED) is 0.701. The maximum absolute atomic E-state index is 11.1. The van der Waals surface area contributed by atoms with Gasteiger partial charge >= 0.3 is 5.97 Å². The van der Waals surface area contributed by atoms with Crippen LogP contribution in [0.15, 0.2) is 0 Å². The fourth-order valence-corrected chi connectivity index (χ4v) is 3.05. The second-order valence-corrected chi connectivity index (χ2v) is 6.31. The Bertz CT molecular complexity index is 319. The van der Waals surface area contributed by atoms with Crippen molar-refractivity contribution in [2.45, 2.75) is 12.8 Å². The maximum atomic E-state index is 11.1. The summed E-state index contributed by atoms with van der Waals surface area (Å²) in [6.45, 7) is 1.55. The van der Waals surface area contributed by atoms with E-state index in [1.165, 1.54) is 0 Å². The lowest BCUT2D eigenvalue weighted by Crippen LogP contribution is -2.37. The number of piperidine rings is 1. The summed E-state index contributed by atoms with van der Waals surface area (Å²) in [5.41, 5.74) is 0. The predicted molar refractivity (Wildman–Crippen MR) is 56.4 cm³/mol. The van der Waals surface area contributed by atoms with Gasteiger partial charge < -0.3 is 10.4 Å². The van der Waals surface area contributed by atoms with Crippen LogP contribution in [-0.4, -0.2) is 44.6 Å². The standard InChI is InChI=1S/C9H17NO4S/c1-15(13,14)6-8(9(11)12)7-2-4-10-5-3-7/h7-8,10H,2-6H2,1H3,(H,11,12). The van der Waals surface area contributed by atoms with Crippen LogP contribution in [-0.2, 0) is 14.6 Å². The molecule has 1 saturated heterocycles. The van der Waals surface area contributed by atoms with E-state index in [9.17, 15) is 13.2 Å². The van der Waals surface area contributed by atoms with E-state index in [4.69, 9.17) is 5.11 Å². The van der Waals surface area contributed by atoms with Crippen molar-refractivity contribution in [1.29, 1.82) is 0 Å². The molecule has 0 aromatic heterocycles. The highest BCUT2D eigenvalue weighted by Crippen LogP contribution is 2.23. The first-order valence-corrected chi connectivity index (χ1v) is 7.07. The zero-order valence-electron chi connectivity index (χ0n) is 8.77. The van der Waals surface area contributed by atoms with Crippen molar-refractivity contribution in [3.8, 4) is 0 Å². The van der Waals surface area contributed by atoms with Gasteiger partial charge in [-0.25, -0.2) is 8.42 Å². The van der Waals surface area contributed by atoms with Crippen molar-refractivity contribution in [2.75, 3.05) is 25.1 Å². The van der Waals surface area contributed by atoms with Crippen molar-refractivity contribution in [3.63, 3.8) is 0 Å². The molecule has 1 rings (SSSR count). The van der Waals surface area contributed by atoms with Crippen LogP contribution in [0.25, 0.3) is 0 Å². The van der Waals surface area contributed by atoms with Crippen LogP contribution in [0, 0.1) is 11.8 Å². The summed E-state index contributed by atoms with van der Waals surface area (Å²) in [6, 6.07) is 0. The summed E-state index contributed by atoms with van der Waals surface area (Å²) < 4.78 is 22.2. The van der Waals surface area contributed by atoms with Crippen LogP contribution in [0.2, 0.25) is 0 Å². The van der Waals surface area contributed by atoms with Gasteiger partial charge in [-0.1, -0.05) is 0 Å². The molecule has 6 heteroatoms. The number of carboxylic acids is 1. The Morgan fingerprint density at radius 1 is 1.47 bits per heavy atom. The molecule has 1 unspecified atom stereocenters. The average Bonchev–Trinajstić information content (AvgIpc) is 2.14. The molecule has 0 aliphatic carbocycles. The summed E-state index contributed by atoms with van der Waals surface area (Å²) in [4.78, 5) is 11.0. The van der Waals surface area contributed by atoms with Gasteiger partial charge in [0, 0.05) is 6.26 Å². The molecule has 0 amide bonds. The highest BCUT2D eigenvalue weighted by Gasteiger charge is 2.31. The monoisotopic (exact) mass is 235 g/mol. The highest BCUT2D eigenvalue weighted by atomic mass is 32.2. The van der Waals surface area contributed by atoms with Crippen molar-refractivity contribution in [3.05, 3.63) is 0 Å². The van der Waals surface area contributed by atoms with Gasteiger partial charge in [-0.05, 0) is 31.8 Å². The first-order chi connectivity index (χ1) is 6.90. The second kappa shape index (κ2) is 4.94. The SMILES string of the molecule is CS(=O)(=O)CC(C(=O)O)C1CCNCC1. The molecule has 1 aliphatic rings. The van der Waals surface area contributed by atoms with Crippen molar-refractivity contribution in [1.82, 2.24) is 5.32 Å². The van der Waals surface area contributed by atoms with Crippen LogP contribution in [0.4, 0.5) is 0 Å². The van der Waals surface area contributed by atoms with E-state index in [0.29, 0.717) is 0 Å². The fourth-order valence-electron chi connectivity index (χ4n) is 1.98. The molecule has 15 heavy (non-hydrogen) atoms. The number of hydrogen-bond acceptors (Lipinski definition) is 4. The number of aliphatic carboxylic acids is 1. The topological polar surface area (TPSA) is 83.5 Å². The van der Waals surface area contributed by atoms with E-state index in [1.54, 1.807) is 0 Å². The molecule has 5 nitrogen and oxygen atoms in total. The molecule has 0 aromatic rings. The minimum Gasteiger partial charge on any atom is -0.481 e. The molecule has 1 fully saturated rings. The van der Waals surface area contributed by atoms with Gasteiger partial charge in [0.15, 0.2) is 0 Å². The molecular formula is C9H17NO4S. The van der Waals surface area contributed by atoms with Crippen LogP contribution >= 0.6 is 0 Å². The van der Waals surface area contributed by atoms with E-state index in [2.05, 4.69) is 5.32 Å². The Labute approximate surface area is 89.8 Å². The third-order valence-corrected chi connectivity index (χ3v) is 3.72. The second-order valence-electron chi connectivity index (χ2n) is 4.12. The summed E-state index contributed by atoms with van der Waals surface area (Å²) in [5, 5.41) is 12.1. The fraction of sp³-hybridized carbons (Fsp3) is 0.889. The molecule has 0 bridgehead atoms. The van der Waals surface area contributed by atoms with Crippen molar-refractivity contribution >= 4 is 15.8 Å². The molecule has 0 aromatic carbocycles. The van der Waals surface area contributed by atoms with Crippen LogP contribution in [0.1, 0.15) is 12.8 Å². The molecule has 1 aliphatic heterocycles. The zero-order valence-corrected chi connectivity index (χ0v) is 9.59. The molecule has 0 saturated carbocycles. The third kappa shape index (κ3) is 4.17. The largest absolute Gasteiger partial charge is 0.481 e. The first kappa shape index (κ1) is 12.4. The molecule has 88 valence electrons. The maximum Gasteiger partial charge on any atom is 0.307 e.